The second-order valence-corrected chi connectivity index (χ2v) is 5.78. The normalized spacial score (nSPS) is 13.1. The lowest BCUT2D eigenvalue weighted by Crippen LogP contribution is -2.04. The van der Waals surface area contributed by atoms with E-state index in [1.807, 2.05) is 11.6 Å². The summed E-state index contributed by atoms with van der Waals surface area (Å²) in [5, 5.41) is 5.25. The van der Waals surface area contributed by atoms with Gasteiger partial charge in [0, 0.05) is 11.4 Å². The van der Waals surface area contributed by atoms with Crippen LogP contribution in [0.4, 0.5) is 0 Å². The average molecular weight is 294 g/mol. The molecule has 1 rings (SSSR count). The molecule has 0 saturated carbocycles. The van der Waals surface area contributed by atoms with E-state index in [1.165, 1.54) is 12.1 Å². The number of alkyl halides is 1. The third-order valence-electron chi connectivity index (χ3n) is 2.47. The molecule has 0 N–H and O–H groups in total. The van der Waals surface area contributed by atoms with E-state index in [1.54, 1.807) is 0 Å². The highest BCUT2D eigenvalue weighted by Crippen LogP contribution is 2.22. The minimum Gasteiger partial charge on any atom is -0.268 e. The molecule has 0 aliphatic rings. The molecule has 86 valence electrons. The SMILES string of the molecule is CCn1nc(C)c(Cl)c1CCCC(C)Br. The number of aryl methyl sites for hydroxylation is 2. The summed E-state index contributed by atoms with van der Waals surface area (Å²) >= 11 is 9.76. The summed E-state index contributed by atoms with van der Waals surface area (Å²) < 4.78 is 2.01. The Balaban J connectivity index is 2.66. The first-order valence-electron chi connectivity index (χ1n) is 5.42. The minimum absolute atomic E-state index is 0.579. The molecule has 4 heteroatoms. The summed E-state index contributed by atoms with van der Waals surface area (Å²) in [7, 11) is 0. The third kappa shape index (κ3) is 3.49. The van der Waals surface area contributed by atoms with Crippen molar-refractivity contribution in [3.8, 4) is 0 Å². The monoisotopic (exact) mass is 292 g/mol. The van der Waals surface area contributed by atoms with Crippen molar-refractivity contribution in [2.24, 2.45) is 0 Å². The molecule has 0 aromatic carbocycles. The lowest BCUT2D eigenvalue weighted by atomic mass is 10.1. The average Bonchev–Trinajstić information content (AvgIpc) is 2.44. The highest BCUT2D eigenvalue weighted by Gasteiger charge is 2.11. The molecule has 0 bridgehead atoms. The molecule has 0 amide bonds. The molecule has 2 nitrogen and oxygen atoms in total. The molecule has 1 atom stereocenters. The number of hydrogen-bond acceptors (Lipinski definition) is 1. The van der Waals surface area contributed by atoms with Crippen LogP contribution in [0, 0.1) is 6.92 Å². The van der Waals surface area contributed by atoms with Gasteiger partial charge in [0.05, 0.1) is 16.4 Å². The summed E-state index contributed by atoms with van der Waals surface area (Å²) in [6.45, 7) is 7.13. The van der Waals surface area contributed by atoms with E-state index in [-0.39, 0.29) is 0 Å². The Morgan fingerprint density at radius 3 is 2.73 bits per heavy atom. The molecular formula is C11H18BrClN2. The topological polar surface area (TPSA) is 17.8 Å². The summed E-state index contributed by atoms with van der Waals surface area (Å²) in [6.07, 6.45) is 3.34. The molecule has 1 aromatic heterocycles. The summed E-state index contributed by atoms with van der Waals surface area (Å²) in [6, 6.07) is 0. The van der Waals surface area contributed by atoms with Gasteiger partial charge in [0.15, 0.2) is 0 Å². The van der Waals surface area contributed by atoms with E-state index >= 15 is 0 Å². The highest BCUT2D eigenvalue weighted by atomic mass is 79.9. The van der Waals surface area contributed by atoms with Crippen molar-refractivity contribution < 1.29 is 0 Å². The minimum atomic E-state index is 0.579. The van der Waals surface area contributed by atoms with Crippen molar-refractivity contribution in [3.63, 3.8) is 0 Å². The van der Waals surface area contributed by atoms with Gasteiger partial charge >= 0.3 is 0 Å². The Hall–Kier alpha value is -0.0200. The van der Waals surface area contributed by atoms with Gasteiger partial charge in [-0.05, 0) is 33.1 Å². The first-order valence-corrected chi connectivity index (χ1v) is 6.71. The molecule has 0 aliphatic carbocycles. The van der Waals surface area contributed by atoms with Crippen LogP contribution in [-0.4, -0.2) is 14.6 Å². The number of halogens is 2. The lowest BCUT2D eigenvalue weighted by molar-refractivity contribution is 0.599. The summed E-state index contributed by atoms with van der Waals surface area (Å²) in [4.78, 5) is 0.579. The van der Waals surface area contributed by atoms with Crippen LogP contribution in [0.25, 0.3) is 0 Å². The zero-order chi connectivity index (χ0) is 11.4. The standard InChI is InChI=1S/C11H18BrClN2/c1-4-15-10(7-5-6-8(2)12)11(13)9(3)14-15/h8H,4-7H2,1-3H3. The van der Waals surface area contributed by atoms with Crippen LogP contribution >= 0.6 is 27.5 Å². The predicted molar refractivity (Wildman–Crippen MR) is 69.0 cm³/mol. The van der Waals surface area contributed by atoms with Gasteiger partial charge in [-0.1, -0.05) is 34.5 Å². The first kappa shape index (κ1) is 13.0. The Bertz CT molecular complexity index is 321. The predicted octanol–water partition coefficient (Wildman–Crippen LogP) is 3.97. The van der Waals surface area contributed by atoms with Gasteiger partial charge in [0.25, 0.3) is 0 Å². The quantitative estimate of drug-likeness (QED) is 0.751. The number of hydrogen-bond donors (Lipinski definition) is 0. The number of rotatable bonds is 5. The Kier molecular flexibility index (Phi) is 5.13. The van der Waals surface area contributed by atoms with E-state index in [2.05, 4.69) is 34.9 Å². The third-order valence-corrected chi connectivity index (χ3v) is 3.42. The fraction of sp³-hybridized carbons (Fsp3) is 0.727. The zero-order valence-electron chi connectivity index (χ0n) is 9.56. The molecule has 1 heterocycles. The summed E-state index contributed by atoms with van der Waals surface area (Å²) in [5.74, 6) is 0. The number of nitrogens with zero attached hydrogens (tertiary/aromatic N) is 2. The van der Waals surface area contributed by atoms with E-state index < -0.39 is 0 Å². The van der Waals surface area contributed by atoms with Crippen molar-refractivity contribution >= 4 is 27.5 Å². The molecule has 0 spiro atoms. The maximum atomic E-state index is 6.21. The molecular weight excluding hydrogens is 275 g/mol. The van der Waals surface area contributed by atoms with Crippen molar-refractivity contribution in [3.05, 3.63) is 16.4 Å². The largest absolute Gasteiger partial charge is 0.268 e. The highest BCUT2D eigenvalue weighted by molar-refractivity contribution is 9.09. The Morgan fingerprint density at radius 2 is 2.20 bits per heavy atom. The Morgan fingerprint density at radius 1 is 1.53 bits per heavy atom. The van der Waals surface area contributed by atoms with Crippen LogP contribution in [0.1, 0.15) is 38.1 Å². The fourth-order valence-electron chi connectivity index (χ4n) is 1.66. The second kappa shape index (κ2) is 5.90. The van der Waals surface area contributed by atoms with Crippen LogP contribution in [0.2, 0.25) is 5.02 Å². The van der Waals surface area contributed by atoms with Crippen LogP contribution in [0.3, 0.4) is 0 Å². The van der Waals surface area contributed by atoms with Crippen molar-refractivity contribution in [2.75, 3.05) is 0 Å². The Labute approximate surface area is 105 Å². The molecule has 1 aromatic rings. The van der Waals surface area contributed by atoms with Crippen molar-refractivity contribution in [1.82, 2.24) is 9.78 Å². The summed E-state index contributed by atoms with van der Waals surface area (Å²) in [5.41, 5.74) is 2.13. The van der Waals surface area contributed by atoms with Crippen molar-refractivity contribution in [1.29, 1.82) is 0 Å². The smallest absolute Gasteiger partial charge is 0.0847 e. The van der Waals surface area contributed by atoms with Gasteiger partial charge in [-0.3, -0.25) is 4.68 Å². The molecule has 0 fully saturated rings. The second-order valence-electron chi connectivity index (χ2n) is 3.83. The zero-order valence-corrected chi connectivity index (χ0v) is 11.9. The molecule has 0 aliphatic heterocycles. The number of aromatic nitrogens is 2. The van der Waals surface area contributed by atoms with Crippen molar-refractivity contribution in [2.45, 2.75) is 51.4 Å². The first-order chi connectivity index (χ1) is 7.06. The maximum absolute atomic E-state index is 6.21. The van der Waals surface area contributed by atoms with E-state index in [0.717, 1.165) is 30.1 Å². The van der Waals surface area contributed by atoms with E-state index in [0.29, 0.717) is 4.83 Å². The molecule has 15 heavy (non-hydrogen) atoms. The van der Waals surface area contributed by atoms with E-state index in [9.17, 15) is 0 Å². The van der Waals surface area contributed by atoms with Crippen LogP contribution in [0.15, 0.2) is 0 Å². The van der Waals surface area contributed by atoms with Gasteiger partial charge in [0.2, 0.25) is 0 Å². The van der Waals surface area contributed by atoms with Gasteiger partial charge in [-0.15, -0.1) is 0 Å². The van der Waals surface area contributed by atoms with Gasteiger partial charge < -0.3 is 0 Å². The van der Waals surface area contributed by atoms with Crippen LogP contribution in [-0.2, 0) is 13.0 Å². The van der Waals surface area contributed by atoms with E-state index in [4.69, 9.17) is 11.6 Å². The lowest BCUT2D eigenvalue weighted by Gasteiger charge is -2.06. The fourth-order valence-corrected chi connectivity index (χ4v) is 2.21. The van der Waals surface area contributed by atoms with Gasteiger partial charge in [-0.2, -0.15) is 5.10 Å². The van der Waals surface area contributed by atoms with Gasteiger partial charge in [-0.25, -0.2) is 0 Å². The maximum Gasteiger partial charge on any atom is 0.0847 e. The molecule has 0 radical (unpaired) electrons. The van der Waals surface area contributed by atoms with Gasteiger partial charge in [0.1, 0.15) is 0 Å². The van der Waals surface area contributed by atoms with Crippen LogP contribution in [0.5, 0.6) is 0 Å². The van der Waals surface area contributed by atoms with Crippen LogP contribution < -0.4 is 0 Å². The molecule has 0 saturated heterocycles. The molecule has 1 unspecified atom stereocenters.